The first-order valence-corrected chi connectivity index (χ1v) is 23.3. The summed E-state index contributed by atoms with van der Waals surface area (Å²) >= 11 is 3.52. The summed E-state index contributed by atoms with van der Waals surface area (Å²) in [7, 11) is -7.64. The van der Waals surface area contributed by atoms with Gasteiger partial charge in [-0.05, 0) is 76.9 Å². The van der Waals surface area contributed by atoms with Crippen LogP contribution in [0.5, 0.6) is 0 Å². The fourth-order valence-corrected chi connectivity index (χ4v) is 8.55. The monoisotopic (exact) mass is 903 g/mol. The van der Waals surface area contributed by atoms with Crippen LogP contribution in [0.15, 0.2) is 71.9 Å². The fraction of sp³-hybridized carbons (Fsp3) is 0.424. The van der Waals surface area contributed by atoms with Crippen molar-refractivity contribution in [1.29, 1.82) is 0 Å². The minimum atomic E-state index is -4.53. The lowest BCUT2D eigenvalue weighted by Gasteiger charge is -2.23. The smallest absolute Gasteiger partial charge is 0.372 e. The van der Waals surface area contributed by atoms with E-state index in [2.05, 4.69) is 89.0 Å². The molecular weight excluding hydrogens is 863 g/mol. The van der Waals surface area contributed by atoms with E-state index in [0.717, 1.165) is 63.2 Å². The molecule has 0 saturated heterocycles. The Morgan fingerprint density at radius 3 is 1.75 bits per heavy atom. The number of anilines is 6. The van der Waals surface area contributed by atoms with Crippen molar-refractivity contribution >= 4 is 111 Å². The second-order valence-corrected chi connectivity index (χ2v) is 17.3. The number of nitrogens with zero attached hydrogens (tertiary/aromatic N) is 13. The molecule has 314 valence electrons. The first-order valence-electron chi connectivity index (χ1n) is 18.3. The van der Waals surface area contributed by atoms with Gasteiger partial charge in [-0.1, -0.05) is 53.7 Å². The van der Waals surface area contributed by atoms with Crippen LogP contribution in [0, 0.1) is 0 Å². The van der Waals surface area contributed by atoms with Crippen molar-refractivity contribution in [3.63, 3.8) is 0 Å². The number of nitrogens with one attached hydrogen (secondary N) is 2. The van der Waals surface area contributed by atoms with Crippen LogP contribution >= 0.6 is 34.4 Å². The summed E-state index contributed by atoms with van der Waals surface area (Å²) in [5.41, 5.74) is 5.67. The van der Waals surface area contributed by atoms with Gasteiger partial charge in [0.05, 0.1) is 11.4 Å². The molecule has 26 heteroatoms. The molecule has 1 aliphatic carbocycles. The molecule has 2 aromatic carbocycles. The zero-order chi connectivity index (χ0) is 42.4. The maximum Gasteiger partial charge on any atom is 0.425 e. The number of hydrogen-bond donors (Lipinski definition) is 3. The highest BCUT2D eigenvalue weighted by molar-refractivity contribution is 7.99. The Bertz CT molecular complexity index is 2430. The maximum absolute atomic E-state index is 11.5. The van der Waals surface area contributed by atoms with E-state index in [9.17, 15) is 13.0 Å². The fourth-order valence-electron chi connectivity index (χ4n) is 5.84. The van der Waals surface area contributed by atoms with Gasteiger partial charge in [-0.3, -0.25) is 4.55 Å². The molecule has 6 rings (SSSR count). The van der Waals surface area contributed by atoms with Crippen LogP contribution < -0.4 is 20.4 Å². The number of aromatic nitrogens is 7. The summed E-state index contributed by atoms with van der Waals surface area (Å²) < 4.78 is 57.2. The number of hydrogen-bond acceptors (Lipinski definition) is 23. The molecular formula is C33H41N15O6S5. The molecule has 0 atom stereocenters. The van der Waals surface area contributed by atoms with Gasteiger partial charge in [-0.15, -0.1) is 53.5 Å². The van der Waals surface area contributed by atoms with Crippen LogP contribution in [0.4, 0.5) is 56.3 Å². The molecule has 3 heterocycles. The summed E-state index contributed by atoms with van der Waals surface area (Å²) in [6.45, 7) is 11.5. The lowest BCUT2D eigenvalue weighted by molar-refractivity contribution is 0.481. The molecule has 3 aromatic heterocycles. The van der Waals surface area contributed by atoms with E-state index in [1.807, 2.05) is 30.3 Å². The van der Waals surface area contributed by atoms with Gasteiger partial charge in [0, 0.05) is 42.8 Å². The second kappa shape index (κ2) is 21.7. The Morgan fingerprint density at radius 2 is 1.29 bits per heavy atom. The molecule has 59 heavy (non-hydrogen) atoms. The molecule has 0 radical (unpaired) electrons. The molecule has 21 nitrogen and oxygen atoms in total. The Labute approximate surface area is 354 Å². The highest BCUT2D eigenvalue weighted by Gasteiger charge is 2.20. The van der Waals surface area contributed by atoms with Crippen molar-refractivity contribution in [2.45, 2.75) is 74.5 Å². The average molecular weight is 904 g/mol. The van der Waals surface area contributed by atoms with Crippen LogP contribution in [0.1, 0.15) is 59.8 Å². The Kier molecular flexibility index (Phi) is 16.6. The molecule has 0 unspecified atom stereocenters. The third-order valence-electron chi connectivity index (χ3n) is 8.60. The zero-order valence-corrected chi connectivity index (χ0v) is 36.4. The Morgan fingerprint density at radius 1 is 0.763 bits per heavy atom. The van der Waals surface area contributed by atoms with Gasteiger partial charge in [0.15, 0.2) is 5.16 Å². The van der Waals surface area contributed by atoms with Crippen LogP contribution in [-0.4, -0.2) is 92.4 Å². The van der Waals surface area contributed by atoms with Crippen molar-refractivity contribution in [3.05, 3.63) is 41.9 Å². The molecule has 0 bridgehead atoms. The predicted molar refractivity (Wildman–Crippen MR) is 227 cm³/mol. The van der Waals surface area contributed by atoms with Crippen molar-refractivity contribution in [2.24, 2.45) is 20.5 Å². The standard InChI is InChI=1S/C33H41N15O3S4.O3S/c1-5-47(6-2)21-14-16-24(40-43-31-42-34-20-52-31)26(18-21)35-28-37-29(39-30(38-28)53-23-12-10-9-11-13-23)36-27-19-22(48(7-3)8-4)15-17-25(27)41-44-32-45-46-33(54-32)55(49,50)51;1-4(2)3/h14-20,23H,5-13H2,1-4H3,(H,49,50,51)(H2,35,36,37,38,39);. The van der Waals surface area contributed by atoms with Crippen LogP contribution in [0.25, 0.3) is 0 Å². The van der Waals surface area contributed by atoms with E-state index < -0.39 is 25.1 Å². The van der Waals surface area contributed by atoms with Crippen molar-refractivity contribution < 1.29 is 25.6 Å². The number of rotatable bonds is 17. The summed E-state index contributed by atoms with van der Waals surface area (Å²) in [5, 5.41) is 40.4. The predicted octanol–water partition coefficient (Wildman–Crippen LogP) is 8.25. The van der Waals surface area contributed by atoms with E-state index in [1.165, 1.54) is 17.8 Å². The van der Waals surface area contributed by atoms with Crippen LogP contribution in [0.2, 0.25) is 0 Å². The van der Waals surface area contributed by atoms with Gasteiger partial charge in [0.2, 0.25) is 11.9 Å². The highest BCUT2D eigenvalue weighted by Crippen LogP contribution is 2.38. The molecule has 0 aliphatic heterocycles. The molecule has 1 fully saturated rings. The van der Waals surface area contributed by atoms with Crippen LogP contribution in [0.3, 0.4) is 0 Å². The number of thioether (sulfide) groups is 1. The van der Waals surface area contributed by atoms with Gasteiger partial charge in [0.25, 0.3) is 14.6 Å². The Hall–Kier alpha value is -5.15. The first kappa shape index (κ1) is 44.9. The summed E-state index contributed by atoms with van der Waals surface area (Å²) in [6.07, 6.45) is 5.69. The van der Waals surface area contributed by atoms with E-state index in [4.69, 9.17) is 27.6 Å². The first-order chi connectivity index (χ1) is 28.4. The van der Waals surface area contributed by atoms with Gasteiger partial charge in [-0.2, -0.15) is 23.4 Å². The van der Waals surface area contributed by atoms with Gasteiger partial charge in [0.1, 0.15) is 16.9 Å². The second-order valence-electron chi connectivity index (χ2n) is 12.3. The Balaban J connectivity index is 0.00000158. The number of azo groups is 2. The topological polar surface area (TPSA) is 276 Å². The SMILES string of the molecule is CCN(CC)c1ccc(N=Nc2nncs2)c(Nc2nc(Nc3cc(N(CC)CC)ccc3N=Nc3nnc(S(=O)(=O)O)s3)nc(SC3CCCCC3)n2)c1.O=S(=O)=O. The van der Waals surface area contributed by atoms with Gasteiger partial charge in [-0.25, -0.2) is 0 Å². The third kappa shape index (κ3) is 13.4. The normalized spacial score (nSPS) is 13.3. The minimum absolute atomic E-state index is 0.0461. The molecule has 5 aromatic rings. The molecule has 0 spiro atoms. The lowest BCUT2D eigenvalue weighted by Crippen LogP contribution is -2.21. The molecule has 1 saturated carbocycles. The van der Waals surface area contributed by atoms with E-state index >= 15 is 0 Å². The van der Waals surface area contributed by atoms with Gasteiger partial charge >= 0.3 is 20.7 Å². The van der Waals surface area contributed by atoms with E-state index in [0.29, 0.717) is 55.6 Å². The largest absolute Gasteiger partial charge is 0.425 e. The van der Waals surface area contributed by atoms with Crippen molar-refractivity contribution in [2.75, 3.05) is 46.6 Å². The third-order valence-corrected chi connectivity index (χ3v) is 12.4. The lowest BCUT2D eigenvalue weighted by atomic mass is 10.0. The quantitative estimate of drug-likeness (QED) is 0.0585. The maximum atomic E-state index is 11.5. The highest BCUT2D eigenvalue weighted by atomic mass is 32.3. The van der Waals surface area contributed by atoms with Crippen molar-refractivity contribution in [1.82, 2.24) is 35.3 Å². The minimum Gasteiger partial charge on any atom is -0.372 e. The van der Waals surface area contributed by atoms with E-state index in [1.54, 1.807) is 23.3 Å². The van der Waals surface area contributed by atoms with Crippen molar-refractivity contribution in [3.8, 4) is 0 Å². The summed E-state index contributed by atoms with van der Waals surface area (Å²) in [4.78, 5) is 19.0. The van der Waals surface area contributed by atoms with Gasteiger partial charge < -0.3 is 20.4 Å². The average Bonchev–Trinajstić information content (AvgIpc) is 3.92. The summed E-state index contributed by atoms with van der Waals surface area (Å²) in [5.74, 6) is 0.569. The summed E-state index contributed by atoms with van der Waals surface area (Å²) in [6, 6.07) is 11.5. The van der Waals surface area contributed by atoms with E-state index in [-0.39, 0.29) is 11.1 Å². The molecule has 3 N–H and O–H groups in total. The number of benzene rings is 2. The van der Waals surface area contributed by atoms with Crippen LogP contribution in [-0.2, 0) is 20.7 Å². The molecule has 0 amide bonds. The zero-order valence-electron chi connectivity index (χ0n) is 32.3. The molecule has 1 aliphatic rings.